The molecule has 1 atom stereocenters. The molecule has 0 aromatic heterocycles. The molecular formula is C13H14O4. The molecule has 17 heavy (non-hydrogen) atoms. The van der Waals surface area contributed by atoms with Gasteiger partial charge in [-0.2, -0.15) is 0 Å². The maximum absolute atomic E-state index is 12.1. The largest absolute Gasteiger partial charge is 0.507 e. The molecule has 0 saturated carbocycles. The van der Waals surface area contributed by atoms with E-state index in [1.165, 1.54) is 6.07 Å². The van der Waals surface area contributed by atoms with Crippen molar-refractivity contribution in [3.05, 3.63) is 29.3 Å². The summed E-state index contributed by atoms with van der Waals surface area (Å²) < 4.78 is 0. The SMILES string of the molecule is O=C(O)CC[C@H]1CCc2cccc(O)c2C1=O. The summed E-state index contributed by atoms with van der Waals surface area (Å²) in [4.78, 5) is 22.6. The Hall–Kier alpha value is -1.84. The fraction of sp³-hybridized carbons (Fsp3) is 0.385. The van der Waals surface area contributed by atoms with Gasteiger partial charge in [-0.05, 0) is 30.9 Å². The van der Waals surface area contributed by atoms with E-state index in [4.69, 9.17) is 5.11 Å². The minimum absolute atomic E-state index is 0.000659. The highest BCUT2D eigenvalue weighted by atomic mass is 16.4. The second kappa shape index (κ2) is 4.57. The Labute approximate surface area is 98.9 Å². The van der Waals surface area contributed by atoms with Crippen molar-refractivity contribution in [3.63, 3.8) is 0 Å². The van der Waals surface area contributed by atoms with E-state index in [2.05, 4.69) is 0 Å². The standard InChI is InChI=1S/C13H14O4/c14-10-3-1-2-8-4-5-9(6-7-11(15)16)13(17)12(8)10/h1-3,9,14H,4-7H2,(H,15,16)/t9-/m1/s1. The van der Waals surface area contributed by atoms with Gasteiger partial charge in [-0.1, -0.05) is 12.1 Å². The molecule has 1 aliphatic carbocycles. The zero-order valence-electron chi connectivity index (χ0n) is 9.35. The molecule has 0 fully saturated rings. The molecule has 2 N–H and O–H groups in total. The molecule has 0 aliphatic heterocycles. The molecule has 0 radical (unpaired) electrons. The lowest BCUT2D eigenvalue weighted by Crippen LogP contribution is -2.23. The Morgan fingerprint density at radius 3 is 2.88 bits per heavy atom. The first-order valence-corrected chi connectivity index (χ1v) is 5.66. The van der Waals surface area contributed by atoms with E-state index >= 15 is 0 Å². The number of hydrogen-bond acceptors (Lipinski definition) is 3. The molecule has 0 heterocycles. The third-order valence-electron chi connectivity index (χ3n) is 3.21. The predicted molar refractivity (Wildman–Crippen MR) is 61.1 cm³/mol. The van der Waals surface area contributed by atoms with Crippen LogP contribution in [0.3, 0.4) is 0 Å². The number of aliphatic carboxylic acids is 1. The Kier molecular flexibility index (Phi) is 3.13. The molecule has 1 aromatic rings. The first kappa shape index (κ1) is 11.6. The van der Waals surface area contributed by atoms with Crippen molar-refractivity contribution >= 4 is 11.8 Å². The third kappa shape index (κ3) is 2.30. The van der Waals surface area contributed by atoms with Crippen molar-refractivity contribution < 1.29 is 19.8 Å². The molecule has 4 heteroatoms. The summed E-state index contributed by atoms with van der Waals surface area (Å²) in [5, 5.41) is 18.3. The summed E-state index contributed by atoms with van der Waals surface area (Å²) in [5.41, 5.74) is 1.25. The van der Waals surface area contributed by atoms with E-state index in [9.17, 15) is 14.7 Å². The number of benzene rings is 1. The van der Waals surface area contributed by atoms with Crippen LogP contribution in [0.15, 0.2) is 18.2 Å². The molecule has 1 aliphatic rings. The van der Waals surface area contributed by atoms with Gasteiger partial charge in [0.05, 0.1) is 5.56 Å². The van der Waals surface area contributed by atoms with Crippen LogP contribution in [0.4, 0.5) is 0 Å². The number of fused-ring (bicyclic) bond motifs is 1. The summed E-state index contributed by atoms with van der Waals surface area (Å²) in [6.07, 6.45) is 1.74. The van der Waals surface area contributed by atoms with Gasteiger partial charge in [0.25, 0.3) is 0 Å². The highest BCUT2D eigenvalue weighted by Crippen LogP contribution is 2.33. The van der Waals surface area contributed by atoms with E-state index < -0.39 is 5.97 Å². The molecule has 0 unspecified atom stereocenters. The van der Waals surface area contributed by atoms with Crippen LogP contribution in [-0.2, 0) is 11.2 Å². The Balaban J connectivity index is 2.21. The fourth-order valence-electron chi connectivity index (χ4n) is 2.32. The number of phenols is 1. The number of hydrogen-bond donors (Lipinski definition) is 2. The van der Waals surface area contributed by atoms with Crippen LogP contribution in [0.25, 0.3) is 0 Å². The average molecular weight is 234 g/mol. The first-order valence-electron chi connectivity index (χ1n) is 5.66. The molecule has 0 amide bonds. The highest BCUT2D eigenvalue weighted by molar-refractivity contribution is 6.02. The van der Waals surface area contributed by atoms with Crippen molar-refractivity contribution in [1.82, 2.24) is 0 Å². The van der Waals surface area contributed by atoms with Crippen LogP contribution in [-0.4, -0.2) is 22.0 Å². The molecule has 0 spiro atoms. The smallest absolute Gasteiger partial charge is 0.303 e. The predicted octanol–water partition coefficient (Wildman–Crippen LogP) is 2.00. The molecule has 0 saturated heterocycles. The van der Waals surface area contributed by atoms with Crippen molar-refractivity contribution in [2.45, 2.75) is 25.7 Å². The second-order valence-corrected chi connectivity index (χ2v) is 4.34. The summed E-state index contributed by atoms with van der Waals surface area (Å²) in [7, 11) is 0. The van der Waals surface area contributed by atoms with Gasteiger partial charge in [0.2, 0.25) is 0 Å². The number of rotatable bonds is 3. The zero-order chi connectivity index (χ0) is 12.4. The van der Waals surface area contributed by atoms with Gasteiger partial charge in [-0.15, -0.1) is 0 Å². The monoisotopic (exact) mass is 234 g/mol. The number of carboxylic acid groups (broad SMARTS) is 1. The van der Waals surface area contributed by atoms with Crippen molar-refractivity contribution in [1.29, 1.82) is 0 Å². The number of carbonyl (C=O) groups excluding carboxylic acids is 1. The van der Waals surface area contributed by atoms with Gasteiger partial charge in [-0.3, -0.25) is 9.59 Å². The maximum atomic E-state index is 12.1. The normalized spacial score (nSPS) is 18.8. The summed E-state index contributed by atoms with van der Waals surface area (Å²) in [5.74, 6) is -1.27. The van der Waals surface area contributed by atoms with E-state index in [0.717, 1.165) is 12.0 Å². The Bertz CT molecular complexity index is 464. The summed E-state index contributed by atoms with van der Waals surface area (Å²) in [6.45, 7) is 0. The number of Topliss-reactive ketones (excluding diaryl/α,β-unsaturated/α-hetero) is 1. The molecule has 90 valence electrons. The van der Waals surface area contributed by atoms with E-state index in [1.807, 2.05) is 6.07 Å². The summed E-state index contributed by atoms with van der Waals surface area (Å²) >= 11 is 0. The number of carbonyl (C=O) groups is 2. The number of phenolic OH excluding ortho intramolecular Hbond substituents is 1. The Morgan fingerprint density at radius 2 is 2.18 bits per heavy atom. The molecule has 2 rings (SSSR count). The molecular weight excluding hydrogens is 220 g/mol. The van der Waals surface area contributed by atoms with Crippen LogP contribution in [0.1, 0.15) is 35.2 Å². The van der Waals surface area contributed by atoms with Gasteiger partial charge in [0.1, 0.15) is 5.75 Å². The molecule has 4 nitrogen and oxygen atoms in total. The second-order valence-electron chi connectivity index (χ2n) is 4.34. The average Bonchev–Trinajstić information content (AvgIpc) is 2.28. The minimum Gasteiger partial charge on any atom is -0.507 e. The molecule has 0 bridgehead atoms. The van der Waals surface area contributed by atoms with Crippen LogP contribution < -0.4 is 0 Å². The van der Waals surface area contributed by atoms with E-state index in [1.54, 1.807) is 6.07 Å². The van der Waals surface area contributed by atoms with Crippen LogP contribution in [0.2, 0.25) is 0 Å². The van der Waals surface area contributed by atoms with Gasteiger partial charge in [0.15, 0.2) is 5.78 Å². The third-order valence-corrected chi connectivity index (χ3v) is 3.21. The lowest BCUT2D eigenvalue weighted by Gasteiger charge is -2.23. The fourth-order valence-corrected chi connectivity index (χ4v) is 2.32. The number of carboxylic acids is 1. The van der Waals surface area contributed by atoms with Crippen molar-refractivity contribution in [2.75, 3.05) is 0 Å². The van der Waals surface area contributed by atoms with Gasteiger partial charge in [-0.25, -0.2) is 0 Å². The van der Waals surface area contributed by atoms with Gasteiger partial charge < -0.3 is 10.2 Å². The zero-order valence-corrected chi connectivity index (χ0v) is 9.35. The highest BCUT2D eigenvalue weighted by Gasteiger charge is 2.29. The van der Waals surface area contributed by atoms with Crippen LogP contribution in [0, 0.1) is 5.92 Å². The van der Waals surface area contributed by atoms with Gasteiger partial charge >= 0.3 is 5.97 Å². The van der Waals surface area contributed by atoms with Gasteiger partial charge in [0, 0.05) is 12.3 Å². The lowest BCUT2D eigenvalue weighted by molar-refractivity contribution is -0.137. The van der Waals surface area contributed by atoms with Crippen molar-refractivity contribution in [3.8, 4) is 5.75 Å². The van der Waals surface area contributed by atoms with Crippen LogP contribution in [0.5, 0.6) is 5.75 Å². The maximum Gasteiger partial charge on any atom is 0.303 e. The van der Waals surface area contributed by atoms with Crippen molar-refractivity contribution in [2.24, 2.45) is 5.92 Å². The quantitative estimate of drug-likeness (QED) is 0.838. The number of ketones is 1. The first-order chi connectivity index (χ1) is 8.09. The topological polar surface area (TPSA) is 74.6 Å². The number of aromatic hydroxyl groups is 1. The molecule has 1 aromatic carbocycles. The summed E-state index contributed by atoms with van der Waals surface area (Å²) in [6, 6.07) is 5.05. The number of aryl methyl sites for hydroxylation is 1. The minimum atomic E-state index is -0.888. The van der Waals surface area contributed by atoms with E-state index in [0.29, 0.717) is 18.4 Å². The van der Waals surface area contributed by atoms with E-state index in [-0.39, 0.29) is 23.9 Å². The lowest BCUT2D eigenvalue weighted by atomic mass is 9.80. The Morgan fingerprint density at radius 1 is 1.41 bits per heavy atom. The van der Waals surface area contributed by atoms with Crippen LogP contribution >= 0.6 is 0 Å².